The number of likely N-dealkylation sites (N-methyl/N-ethyl adjacent to an activating group) is 1. The molecule has 0 saturated heterocycles. The van der Waals surface area contributed by atoms with Gasteiger partial charge in [-0.3, -0.25) is 9.59 Å². The second-order valence-electron chi connectivity index (χ2n) is 3.78. The van der Waals surface area contributed by atoms with Gasteiger partial charge in [0, 0.05) is 13.1 Å². The second-order valence-corrected chi connectivity index (χ2v) is 3.78. The fourth-order valence-corrected chi connectivity index (χ4v) is 1.39. The Hall–Kier alpha value is -2.11. The number of amides is 1. The van der Waals surface area contributed by atoms with Crippen LogP contribution in [0.2, 0.25) is 0 Å². The minimum Gasteiger partial charge on any atom is -0.497 e. The predicted octanol–water partition coefficient (Wildman–Crippen LogP) is 0.920. The maximum Gasteiger partial charge on any atom is 0.323 e. The molecular weight excluding hydrogens is 241 g/mol. The number of nitrogens with zero attached hydrogens (tertiary/aromatic N) is 1. The van der Waals surface area contributed by atoms with Gasteiger partial charge in [0.15, 0.2) is 0 Å². The molecule has 0 fully saturated rings. The highest BCUT2D eigenvalue weighted by Gasteiger charge is 2.15. The number of carboxylic acids is 1. The number of ether oxygens (including phenoxy) is 1. The first kappa shape index (κ1) is 14.0. The zero-order valence-corrected chi connectivity index (χ0v) is 10.1. The third-order valence-corrected chi connectivity index (χ3v) is 2.40. The van der Waals surface area contributed by atoms with Crippen LogP contribution in [-0.2, 0) is 16.0 Å². The minimum atomic E-state index is -1.11. The Bertz CT molecular complexity index is 461. The normalized spacial score (nSPS) is 9.94. The van der Waals surface area contributed by atoms with Crippen LogP contribution in [0.4, 0.5) is 4.39 Å². The number of aliphatic carboxylic acids is 1. The Labute approximate surface area is 104 Å². The third-order valence-electron chi connectivity index (χ3n) is 2.40. The summed E-state index contributed by atoms with van der Waals surface area (Å²) < 4.78 is 18.4. The summed E-state index contributed by atoms with van der Waals surface area (Å²) in [6, 6.07) is 4.17. The molecule has 0 radical (unpaired) electrons. The van der Waals surface area contributed by atoms with Gasteiger partial charge in [-0.25, -0.2) is 4.39 Å². The van der Waals surface area contributed by atoms with Gasteiger partial charge in [-0.05, 0) is 11.6 Å². The molecule has 0 aliphatic carbocycles. The molecule has 1 aromatic rings. The van der Waals surface area contributed by atoms with Crippen LogP contribution in [0, 0.1) is 5.82 Å². The number of carbonyl (C=O) groups is 2. The quantitative estimate of drug-likeness (QED) is 0.849. The zero-order chi connectivity index (χ0) is 13.7. The first-order chi connectivity index (χ1) is 8.43. The lowest BCUT2D eigenvalue weighted by molar-refractivity contribution is -0.143. The van der Waals surface area contributed by atoms with Gasteiger partial charge in [0.2, 0.25) is 5.91 Å². The second kappa shape index (κ2) is 6.00. The van der Waals surface area contributed by atoms with E-state index in [1.165, 1.54) is 26.3 Å². The molecule has 0 bridgehead atoms. The van der Waals surface area contributed by atoms with Gasteiger partial charge in [0.25, 0.3) is 0 Å². The highest BCUT2D eigenvalue weighted by atomic mass is 19.1. The van der Waals surface area contributed by atoms with E-state index in [4.69, 9.17) is 9.84 Å². The molecule has 0 aliphatic heterocycles. The molecule has 1 aromatic carbocycles. The van der Waals surface area contributed by atoms with Crippen molar-refractivity contribution in [2.75, 3.05) is 20.7 Å². The van der Waals surface area contributed by atoms with Crippen molar-refractivity contribution in [3.63, 3.8) is 0 Å². The predicted molar refractivity (Wildman–Crippen MR) is 61.9 cm³/mol. The molecule has 0 aliphatic rings. The number of halogens is 1. The Morgan fingerprint density at radius 1 is 1.44 bits per heavy atom. The monoisotopic (exact) mass is 255 g/mol. The van der Waals surface area contributed by atoms with Gasteiger partial charge in [-0.1, -0.05) is 6.07 Å². The third kappa shape index (κ3) is 3.73. The molecule has 1 amide bonds. The van der Waals surface area contributed by atoms with Crippen LogP contribution in [0.15, 0.2) is 18.2 Å². The highest BCUT2D eigenvalue weighted by Crippen LogP contribution is 2.17. The van der Waals surface area contributed by atoms with Crippen molar-refractivity contribution in [3.05, 3.63) is 29.6 Å². The van der Waals surface area contributed by atoms with Gasteiger partial charge in [-0.2, -0.15) is 0 Å². The molecule has 0 aromatic heterocycles. The van der Waals surface area contributed by atoms with Crippen molar-refractivity contribution in [2.24, 2.45) is 0 Å². The molecule has 18 heavy (non-hydrogen) atoms. The number of methoxy groups -OCH3 is 1. The minimum absolute atomic E-state index is 0.181. The number of hydrogen-bond acceptors (Lipinski definition) is 3. The number of carbonyl (C=O) groups excluding carboxylic acids is 1. The van der Waals surface area contributed by atoms with Gasteiger partial charge in [-0.15, -0.1) is 0 Å². The van der Waals surface area contributed by atoms with Crippen LogP contribution in [0.5, 0.6) is 5.75 Å². The molecule has 0 heterocycles. The molecule has 1 N–H and O–H groups in total. The maximum absolute atomic E-state index is 13.6. The SMILES string of the molecule is COc1ccc(CC(=O)N(C)CC(=O)O)c(F)c1. The average molecular weight is 255 g/mol. The number of benzene rings is 1. The van der Waals surface area contributed by atoms with Crippen LogP contribution in [0.1, 0.15) is 5.56 Å². The molecule has 1 rings (SSSR count). The van der Waals surface area contributed by atoms with Crippen molar-refractivity contribution in [1.82, 2.24) is 4.90 Å². The van der Waals surface area contributed by atoms with E-state index in [0.717, 1.165) is 4.90 Å². The standard InChI is InChI=1S/C12H14FNO4/c1-14(7-12(16)17)11(15)5-8-3-4-9(18-2)6-10(8)13/h3-4,6H,5,7H2,1-2H3,(H,16,17). The van der Waals surface area contributed by atoms with Gasteiger partial charge in [0.1, 0.15) is 18.1 Å². The lowest BCUT2D eigenvalue weighted by atomic mass is 10.1. The summed E-state index contributed by atoms with van der Waals surface area (Å²) in [6.45, 7) is -0.406. The summed E-state index contributed by atoms with van der Waals surface area (Å²) >= 11 is 0. The van der Waals surface area contributed by atoms with Crippen molar-refractivity contribution in [2.45, 2.75) is 6.42 Å². The summed E-state index contributed by atoms with van der Waals surface area (Å²) in [6.07, 6.45) is -0.181. The van der Waals surface area contributed by atoms with Crippen LogP contribution >= 0.6 is 0 Å². The first-order valence-electron chi connectivity index (χ1n) is 5.22. The fraction of sp³-hybridized carbons (Fsp3) is 0.333. The summed E-state index contributed by atoms with van der Waals surface area (Å²) in [7, 11) is 2.78. The number of hydrogen-bond donors (Lipinski definition) is 1. The molecular formula is C12H14FNO4. The fourth-order valence-electron chi connectivity index (χ4n) is 1.39. The van der Waals surface area contributed by atoms with E-state index in [1.807, 2.05) is 0 Å². The zero-order valence-electron chi connectivity index (χ0n) is 10.1. The van der Waals surface area contributed by atoms with Crippen LogP contribution in [-0.4, -0.2) is 42.6 Å². The Balaban J connectivity index is 2.72. The van der Waals surface area contributed by atoms with Crippen LogP contribution in [0.3, 0.4) is 0 Å². The Kier molecular flexibility index (Phi) is 4.65. The Morgan fingerprint density at radius 2 is 2.11 bits per heavy atom. The number of carboxylic acid groups (broad SMARTS) is 1. The lowest BCUT2D eigenvalue weighted by Crippen LogP contribution is -2.33. The molecule has 0 unspecified atom stereocenters. The smallest absolute Gasteiger partial charge is 0.323 e. The van der Waals surface area contributed by atoms with Crippen LogP contribution < -0.4 is 4.74 Å². The molecule has 0 saturated carbocycles. The number of rotatable bonds is 5. The largest absolute Gasteiger partial charge is 0.497 e. The Morgan fingerprint density at radius 3 is 2.61 bits per heavy atom. The van der Waals surface area contributed by atoms with E-state index in [9.17, 15) is 14.0 Å². The van der Waals surface area contributed by atoms with E-state index in [-0.39, 0.29) is 12.0 Å². The summed E-state index contributed by atoms with van der Waals surface area (Å²) in [5.74, 6) is -1.75. The topological polar surface area (TPSA) is 66.8 Å². The molecule has 0 atom stereocenters. The van der Waals surface area contributed by atoms with E-state index in [1.54, 1.807) is 6.07 Å². The van der Waals surface area contributed by atoms with Crippen molar-refractivity contribution >= 4 is 11.9 Å². The van der Waals surface area contributed by atoms with E-state index >= 15 is 0 Å². The van der Waals surface area contributed by atoms with Gasteiger partial charge >= 0.3 is 5.97 Å². The molecule has 98 valence electrons. The lowest BCUT2D eigenvalue weighted by Gasteiger charge is -2.14. The van der Waals surface area contributed by atoms with Crippen molar-refractivity contribution < 1.29 is 23.8 Å². The van der Waals surface area contributed by atoms with Gasteiger partial charge < -0.3 is 14.7 Å². The van der Waals surface area contributed by atoms with E-state index < -0.39 is 24.2 Å². The van der Waals surface area contributed by atoms with E-state index in [2.05, 4.69) is 0 Å². The van der Waals surface area contributed by atoms with Gasteiger partial charge in [0.05, 0.1) is 13.5 Å². The average Bonchev–Trinajstić information content (AvgIpc) is 2.30. The summed E-state index contributed by atoms with van der Waals surface area (Å²) in [5.41, 5.74) is 0.207. The maximum atomic E-state index is 13.6. The van der Waals surface area contributed by atoms with Crippen molar-refractivity contribution in [3.8, 4) is 5.75 Å². The first-order valence-corrected chi connectivity index (χ1v) is 5.22. The summed E-state index contributed by atoms with van der Waals surface area (Å²) in [4.78, 5) is 23.1. The highest BCUT2D eigenvalue weighted by molar-refractivity contribution is 5.82. The molecule has 6 heteroatoms. The summed E-state index contributed by atoms with van der Waals surface area (Å²) in [5, 5.41) is 8.54. The van der Waals surface area contributed by atoms with E-state index in [0.29, 0.717) is 5.75 Å². The molecule has 5 nitrogen and oxygen atoms in total. The van der Waals surface area contributed by atoms with Crippen molar-refractivity contribution in [1.29, 1.82) is 0 Å². The molecule has 0 spiro atoms. The van der Waals surface area contributed by atoms with Crippen LogP contribution in [0.25, 0.3) is 0 Å².